The fourth-order valence-electron chi connectivity index (χ4n) is 6.26. The van der Waals surface area contributed by atoms with Crippen molar-refractivity contribution < 1.29 is 24.5 Å². The number of carboxylic acids is 1. The maximum atomic E-state index is 11.2. The molecule has 4 fully saturated rings. The van der Waals surface area contributed by atoms with E-state index in [2.05, 4.69) is 0 Å². The van der Waals surface area contributed by atoms with E-state index in [0.717, 1.165) is 48.3 Å². The van der Waals surface area contributed by atoms with Gasteiger partial charge in [0.1, 0.15) is 0 Å². The minimum Gasteiger partial charge on any atom is -0.481 e. The minimum atomic E-state index is -0.948. The number of carboxylic acid groups (broad SMARTS) is 1. The van der Waals surface area contributed by atoms with Crippen LogP contribution in [0.1, 0.15) is 103 Å². The van der Waals surface area contributed by atoms with Gasteiger partial charge in [0.15, 0.2) is 0 Å². The molecule has 5 nitrogen and oxygen atoms in total. The van der Waals surface area contributed by atoms with Crippen LogP contribution in [0.15, 0.2) is 0 Å². The highest BCUT2D eigenvalue weighted by atomic mass is 16.5. The Hall–Kier alpha value is -1.10. The van der Waals surface area contributed by atoms with Crippen LogP contribution >= 0.6 is 0 Å². The molecule has 0 spiro atoms. The lowest BCUT2D eigenvalue weighted by molar-refractivity contribution is -0.147. The van der Waals surface area contributed by atoms with Crippen LogP contribution in [0.5, 0.6) is 0 Å². The molecular weight excluding hydrogens is 392 g/mol. The largest absolute Gasteiger partial charge is 0.481 e. The van der Waals surface area contributed by atoms with Crippen molar-refractivity contribution in [2.24, 2.45) is 35.5 Å². The van der Waals surface area contributed by atoms with E-state index in [0.29, 0.717) is 13.2 Å². The summed E-state index contributed by atoms with van der Waals surface area (Å²) in [6, 6.07) is 0. The number of aliphatic hydroxyl groups excluding tert-OH is 1. The molecule has 4 atom stereocenters. The Balaban J connectivity index is 0.000000194. The van der Waals surface area contributed by atoms with E-state index < -0.39 is 5.97 Å². The predicted octanol–water partition coefficient (Wildman–Crippen LogP) is 5.59. The van der Waals surface area contributed by atoms with Crippen LogP contribution in [0.4, 0.5) is 0 Å². The maximum absolute atomic E-state index is 11.2. The molecule has 4 aliphatic rings. The van der Waals surface area contributed by atoms with Crippen molar-refractivity contribution >= 4 is 11.9 Å². The first-order valence-corrected chi connectivity index (χ1v) is 13.1. The van der Waals surface area contributed by atoms with Crippen molar-refractivity contribution in [1.82, 2.24) is 0 Å². The molecule has 0 aromatic carbocycles. The molecule has 0 aromatic heterocycles. The fourth-order valence-corrected chi connectivity index (χ4v) is 6.26. The van der Waals surface area contributed by atoms with Crippen LogP contribution in [0.25, 0.3) is 0 Å². The van der Waals surface area contributed by atoms with E-state index >= 15 is 0 Å². The third-order valence-electron chi connectivity index (χ3n) is 8.26. The van der Waals surface area contributed by atoms with Crippen LogP contribution in [0, 0.1) is 35.5 Å². The molecule has 178 valence electrons. The number of hydrogen-bond acceptors (Lipinski definition) is 4. The van der Waals surface area contributed by atoms with Gasteiger partial charge in [0.2, 0.25) is 0 Å². The Morgan fingerprint density at radius 1 is 0.742 bits per heavy atom. The molecule has 31 heavy (non-hydrogen) atoms. The van der Waals surface area contributed by atoms with E-state index in [1.165, 1.54) is 77.0 Å². The molecule has 4 rings (SSSR count). The first-order valence-electron chi connectivity index (χ1n) is 13.1. The van der Waals surface area contributed by atoms with Gasteiger partial charge in [0, 0.05) is 6.61 Å². The number of rotatable bonds is 10. The second kappa shape index (κ2) is 12.8. The van der Waals surface area contributed by atoms with E-state index in [1.54, 1.807) is 0 Å². The summed E-state index contributed by atoms with van der Waals surface area (Å²) in [7, 11) is 0. The molecule has 2 N–H and O–H groups in total. The zero-order valence-corrected chi connectivity index (χ0v) is 19.3. The van der Waals surface area contributed by atoms with Gasteiger partial charge in [-0.2, -0.15) is 0 Å². The summed E-state index contributed by atoms with van der Waals surface area (Å²) in [6.07, 6.45) is 18.9. The predicted molar refractivity (Wildman–Crippen MR) is 120 cm³/mol. The summed E-state index contributed by atoms with van der Waals surface area (Å²) in [4.78, 5) is 21.6. The summed E-state index contributed by atoms with van der Waals surface area (Å²) in [5, 5.41) is 17.2. The van der Waals surface area contributed by atoms with Gasteiger partial charge in [-0.1, -0.05) is 64.2 Å². The number of ether oxygens (including phenoxy) is 1. The van der Waals surface area contributed by atoms with Crippen molar-refractivity contribution in [3.8, 4) is 0 Å². The minimum absolute atomic E-state index is 0.00788. The third kappa shape index (κ3) is 8.75. The standard InChI is InChI=1S/C15H24O4.C11H20O/c16-14(17)6-7-15(18)19-9-8-12-10-13(12)11-4-2-1-3-5-11;12-7-6-10-8-11(10)9-4-2-1-3-5-9/h11-13H,1-10H2,(H,16,17);9-12H,1-8H2/t12-,13-;10-,11-/m11/s1. The van der Waals surface area contributed by atoms with Gasteiger partial charge < -0.3 is 14.9 Å². The molecule has 0 saturated heterocycles. The summed E-state index contributed by atoms with van der Waals surface area (Å²) in [5.74, 6) is 4.16. The summed E-state index contributed by atoms with van der Waals surface area (Å²) >= 11 is 0. The molecule has 0 amide bonds. The van der Waals surface area contributed by atoms with Gasteiger partial charge in [-0.25, -0.2) is 0 Å². The molecule has 0 radical (unpaired) electrons. The molecule has 4 saturated carbocycles. The van der Waals surface area contributed by atoms with Crippen molar-refractivity contribution in [2.75, 3.05) is 13.2 Å². The SMILES string of the molecule is O=C(O)CCC(=O)OCC[C@@H]1C[C@@H]1C1CCCCC1.OCC[C@@H]1C[C@@H]1C1CCCCC1. The first-order chi connectivity index (χ1) is 15.1. The van der Waals surface area contributed by atoms with Crippen LogP contribution in [-0.2, 0) is 14.3 Å². The second-order valence-electron chi connectivity index (χ2n) is 10.5. The number of aliphatic hydroxyl groups is 1. The highest BCUT2D eigenvalue weighted by Crippen LogP contribution is 2.51. The molecule has 4 aliphatic carbocycles. The zero-order valence-electron chi connectivity index (χ0n) is 19.3. The Labute approximate surface area is 188 Å². The van der Waals surface area contributed by atoms with Crippen molar-refractivity contribution in [3.05, 3.63) is 0 Å². The molecular formula is C26H44O5. The van der Waals surface area contributed by atoms with E-state index in [-0.39, 0.29) is 18.8 Å². The average Bonchev–Trinajstić information content (AvgIpc) is 3.71. The van der Waals surface area contributed by atoms with Gasteiger partial charge in [0.05, 0.1) is 19.4 Å². The summed E-state index contributed by atoms with van der Waals surface area (Å²) < 4.78 is 5.08. The monoisotopic (exact) mass is 436 g/mol. The van der Waals surface area contributed by atoms with Crippen molar-refractivity contribution in [1.29, 1.82) is 0 Å². The Bertz CT molecular complexity index is 550. The van der Waals surface area contributed by atoms with Crippen molar-refractivity contribution in [2.45, 2.75) is 103 Å². The Kier molecular flexibility index (Phi) is 10.1. The molecule has 0 aromatic rings. The molecule has 0 unspecified atom stereocenters. The van der Waals surface area contributed by atoms with Crippen molar-refractivity contribution in [3.63, 3.8) is 0 Å². The van der Waals surface area contributed by atoms with E-state index in [9.17, 15) is 9.59 Å². The quantitative estimate of drug-likeness (QED) is 0.436. The van der Waals surface area contributed by atoms with E-state index in [1.807, 2.05) is 0 Å². The second-order valence-corrected chi connectivity index (χ2v) is 10.5. The van der Waals surface area contributed by atoms with Crippen LogP contribution in [-0.4, -0.2) is 35.4 Å². The number of hydrogen-bond donors (Lipinski definition) is 2. The summed E-state index contributed by atoms with van der Waals surface area (Å²) in [6.45, 7) is 0.875. The number of carbonyl (C=O) groups is 2. The van der Waals surface area contributed by atoms with Gasteiger partial charge in [-0.3, -0.25) is 9.59 Å². The zero-order chi connectivity index (χ0) is 22.1. The number of carbonyl (C=O) groups excluding carboxylic acids is 1. The Morgan fingerprint density at radius 3 is 1.74 bits per heavy atom. The van der Waals surface area contributed by atoms with Crippen LogP contribution in [0.3, 0.4) is 0 Å². The van der Waals surface area contributed by atoms with Gasteiger partial charge in [-0.15, -0.1) is 0 Å². The highest BCUT2D eigenvalue weighted by molar-refractivity contribution is 5.76. The smallest absolute Gasteiger partial charge is 0.306 e. The summed E-state index contributed by atoms with van der Waals surface area (Å²) in [5.41, 5.74) is 0. The normalized spacial score (nSPS) is 30.7. The lowest BCUT2D eigenvalue weighted by Gasteiger charge is -2.21. The van der Waals surface area contributed by atoms with Crippen LogP contribution < -0.4 is 0 Å². The fraction of sp³-hybridized carbons (Fsp3) is 0.923. The maximum Gasteiger partial charge on any atom is 0.306 e. The number of aliphatic carboxylic acids is 1. The van der Waals surface area contributed by atoms with Gasteiger partial charge in [-0.05, 0) is 61.2 Å². The first kappa shape index (κ1) is 24.5. The highest BCUT2D eigenvalue weighted by Gasteiger charge is 2.42. The van der Waals surface area contributed by atoms with Gasteiger partial charge >= 0.3 is 11.9 Å². The molecule has 0 heterocycles. The topological polar surface area (TPSA) is 83.8 Å². The Morgan fingerprint density at radius 2 is 1.26 bits per heavy atom. The molecule has 5 heteroatoms. The van der Waals surface area contributed by atoms with Gasteiger partial charge in [0.25, 0.3) is 0 Å². The lowest BCUT2D eigenvalue weighted by Crippen LogP contribution is -2.11. The van der Waals surface area contributed by atoms with E-state index in [4.69, 9.17) is 14.9 Å². The third-order valence-corrected chi connectivity index (χ3v) is 8.26. The molecule has 0 bridgehead atoms. The average molecular weight is 437 g/mol. The molecule has 0 aliphatic heterocycles. The number of esters is 1. The lowest BCUT2D eigenvalue weighted by atomic mass is 9.85. The van der Waals surface area contributed by atoms with Crippen LogP contribution in [0.2, 0.25) is 0 Å².